The number of hydrogen-bond donors (Lipinski definition) is 8. The molecule has 5 atom stereocenters. The van der Waals surface area contributed by atoms with E-state index in [0.717, 1.165) is 5.56 Å². The molecule has 14 nitrogen and oxygen atoms in total. The van der Waals surface area contributed by atoms with E-state index in [1.165, 1.54) is 0 Å². The molecule has 1 aromatic carbocycles. The zero-order valence-corrected chi connectivity index (χ0v) is 22.1. The Labute approximate surface area is 226 Å². The molecule has 39 heavy (non-hydrogen) atoms. The molecule has 3 amide bonds. The van der Waals surface area contributed by atoms with Crippen LogP contribution >= 0.6 is 0 Å². The molecule has 0 aliphatic heterocycles. The van der Waals surface area contributed by atoms with Crippen LogP contribution in [0.4, 0.5) is 0 Å². The fourth-order valence-electron chi connectivity index (χ4n) is 3.60. The van der Waals surface area contributed by atoms with Gasteiger partial charge >= 0.3 is 11.9 Å². The Bertz CT molecular complexity index is 1020. The number of carbonyl (C=O) groups excluding carboxylic acids is 3. The normalized spacial score (nSPS) is 14.5. The summed E-state index contributed by atoms with van der Waals surface area (Å²) in [6, 6.07) is 4.17. The molecule has 1 rings (SSSR count). The zero-order valence-electron chi connectivity index (χ0n) is 22.1. The third-order valence-electron chi connectivity index (χ3n) is 6.00. The van der Waals surface area contributed by atoms with Crippen molar-refractivity contribution in [1.82, 2.24) is 16.0 Å². The van der Waals surface area contributed by atoms with Gasteiger partial charge in [0.2, 0.25) is 17.7 Å². The van der Waals surface area contributed by atoms with Crippen LogP contribution in [-0.4, -0.2) is 76.5 Å². The smallest absolute Gasteiger partial charge is 0.326 e. The van der Waals surface area contributed by atoms with E-state index in [1.807, 2.05) is 37.3 Å². The number of nitrogens with zero attached hydrogens (tertiary/aromatic N) is 1. The van der Waals surface area contributed by atoms with Crippen LogP contribution in [0.1, 0.15) is 45.1 Å². The molecule has 11 N–H and O–H groups in total. The zero-order chi connectivity index (χ0) is 29.5. The first-order valence-corrected chi connectivity index (χ1v) is 12.6. The third-order valence-corrected chi connectivity index (χ3v) is 6.00. The second kappa shape index (κ2) is 16.6. The van der Waals surface area contributed by atoms with Gasteiger partial charge in [-0.2, -0.15) is 0 Å². The Morgan fingerprint density at radius 3 is 2.08 bits per heavy atom. The number of guanidine groups is 1. The van der Waals surface area contributed by atoms with Gasteiger partial charge in [0, 0.05) is 6.54 Å². The predicted molar refractivity (Wildman–Crippen MR) is 143 cm³/mol. The first kappa shape index (κ1) is 32.8. The van der Waals surface area contributed by atoms with E-state index in [2.05, 4.69) is 20.9 Å². The topological polar surface area (TPSA) is 252 Å². The highest BCUT2D eigenvalue weighted by Crippen LogP contribution is 2.11. The number of benzene rings is 1. The number of aliphatic imine (C=N–C) groups is 1. The lowest BCUT2D eigenvalue weighted by Gasteiger charge is -2.28. The van der Waals surface area contributed by atoms with Crippen LogP contribution in [0.15, 0.2) is 35.3 Å². The highest BCUT2D eigenvalue weighted by molar-refractivity contribution is 5.94. The maximum Gasteiger partial charge on any atom is 0.326 e. The Balaban J connectivity index is 3.05. The highest BCUT2D eigenvalue weighted by Gasteiger charge is 2.32. The summed E-state index contributed by atoms with van der Waals surface area (Å²) < 4.78 is 0. The number of aliphatic carboxylic acids is 2. The van der Waals surface area contributed by atoms with Crippen LogP contribution in [0.2, 0.25) is 0 Å². The number of hydrogen-bond acceptors (Lipinski definition) is 7. The lowest BCUT2D eigenvalue weighted by molar-refractivity contribution is -0.147. The van der Waals surface area contributed by atoms with E-state index in [9.17, 15) is 29.1 Å². The number of carboxylic acid groups (broad SMARTS) is 2. The summed E-state index contributed by atoms with van der Waals surface area (Å²) in [6.45, 7) is 3.69. The molecule has 0 aliphatic rings. The maximum absolute atomic E-state index is 13.3. The predicted octanol–water partition coefficient (Wildman–Crippen LogP) is -1.33. The van der Waals surface area contributed by atoms with Crippen LogP contribution in [0.3, 0.4) is 0 Å². The summed E-state index contributed by atoms with van der Waals surface area (Å²) in [4.78, 5) is 65.3. The molecular weight excluding hydrogens is 510 g/mol. The second-order valence-corrected chi connectivity index (χ2v) is 9.18. The van der Waals surface area contributed by atoms with Crippen LogP contribution < -0.4 is 33.2 Å². The SMILES string of the molecule is CCC(C)C(NC(=O)C(N)Cc1ccccc1)C(=O)NC(CCCN=C(N)N)C(=O)NC(CC(=O)O)C(=O)O. The van der Waals surface area contributed by atoms with Crippen LogP contribution in [0.25, 0.3) is 0 Å². The van der Waals surface area contributed by atoms with Gasteiger partial charge in [0.15, 0.2) is 5.96 Å². The van der Waals surface area contributed by atoms with Gasteiger partial charge in [0.05, 0.1) is 12.5 Å². The number of nitrogens with one attached hydrogen (secondary N) is 3. The monoisotopic (exact) mass is 549 g/mol. The van der Waals surface area contributed by atoms with Crippen molar-refractivity contribution in [2.75, 3.05) is 6.54 Å². The average molecular weight is 550 g/mol. The highest BCUT2D eigenvalue weighted by atomic mass is 16.4. The van der Waals surface area contributed by atoms with Crippen molar-refractivity contribution in [3.63, 3.8) is 0 Å². The van der Waals surface area contributed by atoms with Crippen molar-refractivity contribution < 1.29 is 34.2 Å². The standard InChI is InChI=1S/C25H39N7O7/c1-3-14(2)20(32-21(35)16(26)12-15-8-5-4-6-9-15)23(37)30-17(10-7-11-29-25(27)28)22(36)31-18(24(38)39)13-19(33)34/h4-6,8-9,14,16-18,20H,3,7,10-13,26H2,1-2H3,(H,30,37)(H,31,36)(H,32,35)(H,33,34)(H,38,39)(H4,27,28,29). The second-order valence-electron chi connectivity index (χ2n) is 9.18. The Morgan fingerprint density at radius 1 is 0.923 bits per heavy atom. The molecule has 0 aliphatic carbocycles. The quantitative estimate of drug-likeness (QED) is 0.0645. The van der Waals surface area contributed by atoms with Gasteiger partial charge in [0.25, 0.3) is 0 Å². The third kappa shape index (κ3) is 12.3. The molecular formula is C25H39N7O7. The van der Waals surface area contributed by atoms with Gasteiger partial charge in [-0.25, -0.2) is 4.79 Å². The van der Waals surface area contributed by atoms with Crippen molar-refractivity contribution in [2.45, 2.75) is 70.1 Å². The molecule has 5 unspecified atom stereocenters. The first-order valence-electron chi connectivity index (χ1n) is 12.6. The fraction of sp³-hybridized carbons (Fsp3) is 0.520. The molecule has 0 saturated carbocycles. The average Bonchev–Trinajstić information content (AvgIpc) is 2.87. The molecule has 216 valence electrons. The molecule has 0 aromatic heterocycles. The summed E-state index contributed by atoms with van der Waals surface area (Å²) in [5, 5.41) is 25.6. The number of amides is 3. The molecule has 0 radical (unpaired) electrons. The van der Waals surface area contributed by atoms with E-state index >= 15 is 0 Å². The summed E-state index contributed by atoms with van der Waals surface area (Å²) >= 11 is 0. The van der Waals surface area contributed by atoms with Crippen LogP contribution in [-0.2, 0) is 30.4 Å². The van der Waals surface area contributed by atoms with E-state index in [4.69, 9.17) is 22.3 Å². The van der Waals surface area contributed by atoms with Crippen molar-refractivity contribution in [1.29, 1.82) is 0 Å². The Morgan fingerprint density at radius 2 is 1.54 bits per heavy atom. The summed E-state index contributed by atoms with van der Waals surface area (Å²) in [5.41, 5.74) is 17.5. The molecule has 0 spiro atoms. The lowest BCUT2D eigenvalue weighted by atomic mass is 9.96. The number of carboxylic acids is 2. The largest absolute Gasteiger partial charge is 0.481 e. The van der Waals surface area contributed by atoms with Gasteiger partial charge in [-0.15, -0.1) is 0 Å². The summed E-state index contributed by atoms with van der Waals surface area (Å²) in [6.07, 6.45) is 0.128. The lowest BCUT2D eigenvalue weighted by Crippen LogP contribution is -2.58. The van der Waals surface area contributed by atoms with Crippen molar-refractivity contribution in [3.8, 4) is 0 Å². The van der Waals surface area contributed by atoms with Crippen molar-refractivity contribution >= 4 is 35.6 Å². The number of carbonyl (C=O) groups is 5. The summed E-state index contributed by atoms with van der Waals surface area (Å²) in [5.74, 6) is -5.63. The van der Waals surface area contributed by atoms with Gasteiger partial charge < -0.3 is 43.4 Å². The van der Waals surface area contributed by atoms with E-state index in [-0.39, 0.29) is 37.7 Å². The Kier molecular flexibility index (Phi) is 14.0. The minimum Gasteiger partial charge on any atom is -0.481 e. The molecule has 14 heteroatoms. The van der Waals surface area contributed by atoms with Gasteiger partial charge in [-0.3, -0.25) is 24.2 Å². The number of rotatable bonds is 17. The van der Waals surface area contributed by atoms with E-state index in [1.54, 1.807) is 6.92 Å². The summed E-state index contributed by atoms with van der Waals surface area (Å²) in [7, 11) is 0. The van der Waals surface area contributed by atoms with Crippen molar-refractivity contribution in [2.24, 2.45) is 28.1 Å². The number of nitrogens with two attached hydrogens (primary N) is 3. The molecule has 0 heterocycles. The van der Waals surface area contributed by atoms with Gasteiger partial charge in [-0.05, 0) is 30.7 Å². The molecule has 0 bridgehead atoms. The first-order chi connectivity index (χ1) is 18.3. The molecule has 1 aromatic rings. The van der Waals surface area contributed by atoms with E-state index < -0.39 is 60.2 Å². The molecule has 0 fully saturated rings. The van der Waals surface area contributed by atoms with Gasteiger partial charge in [-0.1, -0.05) is 50.6 Å². The fourth-order valence-corrected chi connectivity index (χ4v) is 3.60. The van der Waals surface area contributed by atoms with E-state index in [0.29, 0.717) is 6.42 Å². The minimum atomic E-state index is -1.71. The minimum absolute atomic E-state index is 0.00244. The van der Waals surface area contributed by atoms with Crippen molar-refractivity contribution in [3.05, 3.63) is 35.9 Å². The van der Waals surface area contributed by atoms with Crippen LogP contribution in [0, 0.1) is 5.92 Å². The van der Waals surface area contributed by atoms with Crippen LogP contribution in [0.5, 0.6) is 0 Å². The Hall–Kier alpha value is -4.20. The van der Waals surface area contributed by atoms with Gasteiger partial charge in [0.1, 0.15) is 18.1 Å². The maximum atomic E-state index is 13.3. The molecule has 0 saturated heterocycles.